The molecular formula is C18H15BO4. The van der Waals surface area contributed by atoms with Crippen LogP contribution in [0.15, 0.2) is 91.0 Å². The predicted octanol–water partition coefficient (Wildman–Crippen LogP) is 4.09. The first-order chi connectivity index (χ1) is 10.9. The van der Waals surface area contributed by atoms with Crippen LogP contribution in [0.4, 0.5) is 0 Å². The predicted molar refractivity (Wildman–Crippen MR) is 87.7 cm³/mol. The third-order valence-corrected chi connectivity index (χ3v) is 2.93. The van der Waals surface area contributed by atoms with Crippen molar-refractivity contribution in [2.75, 3.05) is 0 Å². The van der Waals surface area contributed by atoms with Crippen LogP contribution in [0.1, 0.15) is 0 Å². The highest BCUT2D eigenvalue weighted by molar-refractivity contribution is 6.39. The summed E-state index contributed by atoms with van der Waals surface area (Å²) < 4.78 is 17.3. The van der Waals surface area contributed by atoms with Crippen molar-refractivity contribution in [1.82, 2.24) is 0 Å². The number of benzene rings is 3. The third-order valence-electron chi connectivity index (χ3n) is 2.93. The van der Waals surface area contributed by atoms with Gasteiger partial charge in [-0.3, -0.25) is 0 Å². The lowest BCUT2D eigenvalue weighted by molar-refractivity contribution is 0.307. The Morgan fingerprint density at radius 2 is 0.696 bits per heavy atom. The van der Waals surface area contributed by atoms with Gasteiger partial charge in [0.25, 0.3) is 0 Å². The molecule has 3 rings (SSSR count). The van der Waals surface area contributed by atoms with Crippen molar-refractivity contribution in [1.29, 1.82) is 0 Å². The highest BCUT2D eigenvalue weighted by atomic mass is 16.7. The highest BCUT2D eigenvalue weighted by Gasteiger charge is 2.29. The Morgan fingerprint density at radius 1 is 0.435 bits per heavy atom. The molecule has 0 spiro atoms. The molecule has 114 valence electrons. The molecule has 0 fully saturated rings. The third kappa shape index (κ3) is 5.09. The molecule has 23 heavy (non-hydrogen) atoms. The summed E-state index contributed by atoms with van der Waals surface area (Å²) in [6.07, 6.45) is 0. The topological polar surface area (TPSA) is 56.2 Å². The fourth-order valence-electron chi connectivity index (χ4n) is 1.90. The van der Waals surface area contributed by atoms with Gasteiger partial charge in [0.05, 0.1) is 0 Å². The van der Waals surface area contributed by atoms with E-state index in [-0.39, 0.29) is 5.48 Å². The van der Waals surface area contributed by atoms with E-state index in [9.17, 15) is 0 Å². The number of hydrogen-bond acceptors (Lipinski definition) is 3. The minimum absolute atomic E-state index is 0. The van der Waals surface area contributed by atoms with Gasteiger partial charge in [0, 0.05) is 5.48 Å². The highest BCUT2D eigenvalue weighted by Crippen LogP contribution is 2.17. The molecule has 0 unspecified atom stereocenters. The molecule has 5 heteroatoms. The fourth-order valence-corrected chi connectivity index (χ4v) is 1.90. The maximum absolute atomic E-state index is 5.78. The zero-order valence-electron chi connectivity index (χ0n) is 12.4. The SMILES string of the molecule is [O].c1ccc(OB(Oc2ccccc2)Oc2ccccc2)cc1. The molecule has 2 radical (unpaired) electrons. The van der Waals surface area contributed by atoms with Crippen LogP contribution in [-0.4, -0.2) is 7.32 Å². The molecule has 0 atom stereocenters. The zero-order chi connectivity index (χ0) is 15.0. The van der Waals surface area contributed by atoms with Gasteiger partial charge in [0.15, 0.2) is 0 Å². The number of rotatable bonds is 6. The molecule has 0 aromatic heterocycles. The molecule has 4 nitrogen and oxygen atoms in total. The van der Waals surface area contributed by atoms with Crippen molar-refractivity contribution in [2.45, 2.75) is 0 Å². The van der Waals surface area contributed by atoms with Crippen molar-refractivity contribution in [3.63, 3.8) is 0 Å². The van der Waals surface area contributed by atoms with Gasteiger partial charge in [-0.25, -0.2) is 0 Å². The second kappa shape index (κ2) is 8.51. The van der Waals surface area contributed by atoms with Crippen molar-refractivity contribution in [3.8, 4) is 17.2 Å². The van der Waals surface area contributed by atoms with Crippen molar-refractivity contribution in [2.24, 2.45) is 0 Å². The summed E-state index contributed by atoms with van der Waals surface area (Å²) in [6, 6.07) is 28.3. The van der Waals surface area contributed by atoms with Crippen LogP contribution in [0, 0.1) is 0 Å². The van der Waals surface area contributed by atoms with Crippen LogP contribution in [0.5, 0.6) is 17.2 Å². The number of hydrogen-bond donors (Lipinski definition) is 0. The number of para-hydroxylation sites is 3. The summed E-state index contributed by atoms with van der Waals surface area (Å²) in [5, 5.41) is 0. The van der Waals surface area contributed by atoms with E-state index in [1.54, 1.807) is 0 Å². The Bertz CT molecular complexity index is 578. The van der Waals surface area contributed by atoms with Gasteiger partial charge in [0.2, 0.25) is 0 Å². The Kier molecular flexibility index (Phi) is 6.09. The smallest absolute Gasteiger partial charge is 0.490 e. The van der Waals surface area contributed by atoms with Gasteiger partial charge in [-0.05, 0) is 36.4 Å². The van der Waals surface area contributed by atoms with Crippen LogP contribution in [0.2, 0.25) is 0 Å². The normalized spacial score (nSPS) is 9.39. The van der Waals surface area contributed by atoms with Crippen LogP contribution < -0.4 is 14.0 Å². The van der Waals surface area contributed by atoms with E-state index in [4.69, 9.17) is 14.0 Å². The van der Waals surface area contributed by atoms with Crippen molar-refractivity contribution in [3.05, 3.63) is 91.0 Å². The van der Waals surface area contributed by atoms with E-state index in [0.29, 0.717) is 17.2 Å². The van der Waals surface area contributed by atoms with Crippen LogP contribution in [-0.2, 0) is 5.48 Å². The van der Waals surface area contributed by atoms with E-state index in [2.05, 4.69) is 0 Å². The summed E-state index contributed by atoms with van der Waals surface area (Å²) in [5.41, 5.74) is 0. The molecule has 0 saturated heterocycles. The standard InChI is InChI=1S/C18H15BO3.O/c1-4-10-16(11-5-1)20-19(21-17-12-6-2-7-13-17)22-18-14-8-3-9-15-18;/h1-15H;. The monoisotopic (exact) mass is 306 g/mol. The summed E-state index contributed by atoms with van der Waals surface area (Å²) in [6.45, 7) is 0. The maximum atomic E-state index is 5.78. The minimum Gasteiger partial charge on any atom is -0.490 e. The molecule has 0 aliphatic carbocycles. The molecule has 0 heterocycles. The second-order valence-corrected chi connectivity index (χ2v) is 4.58. The van der Waals surface area contributed by atoms with Crippen LogP contribution in [0.3, 0.4) is 0 Å². The van der Waals surface area contributed by atoms with Crippen molar-refractivity contribution >= 4 is 7.32 Å². The van der Waals surface area contributed by atoms with Gasteiger partial charge >= 0.3 is 7.32 Å². The van der Waals surface area contributed by atoms with E-state index < -0.39 is 7.32 Å². The summed E-state index contributed by atoms with van der Waals surface area (Å²) in [5.74, 6) is 2.04. The van der Waals surface area contributed by atoms with Crippen LogP contribution >= 0.6 is 0 Å². The Morgan fingerprint density at radius 3 is 0.957 bits per heavy atom. The summed E-state index contributed by atoms with van der Waals surface area (Å²) in [4.78, 5) is 0. The van der Waals surface area contributed by atoms with Gasteiger partial charge < -0.3 is 14.0 Å². The van der Waals surface area contributed by atoms with E-state index in [1.165, 1.54) is 0 Å². The lowest BCUT2D eigenvalue weighted by atomic mass is 10.2. The first-order valence-electron chi connectivity index (χ1n) is 7.05. The van der Waals surface area contributed by atoms with Crippen LogP contribution in [0.25, 0.3) is 0 Å². The fraction of sp³-hybridized carbons (Fsp3) is 0. The minimum atomic E-state index is -0.868. The largest absolute Gasteiger partial charge is 0.864 e. The van der Waals surface area contributed by atoms with E-state index in [1.807, 2.05) is 91.0 Å². The molecular weight excluding hydrogens is 291 g/mol. The Balaban J connectivity index is 0.00000192. The molecule has 3 aromatic carbocycles. The molecule has 0 bridgehead atoms. The van der Waals surface area contributed by atoms with E-state index >= 15 is 0 Å². The lowest BCUT2D eigenvalue weighted by Crippen LogP contribution is -2.36. The lowest BCUT2D eigenvalue weighted by Gasteiger charge is -2.16. The van der Waals surface area contributed by atoms with Crippen molar-refractivity contribution < 1.29 is 19.4 Å². The zero-order valence-corrected chi connectivity index (χ0v) is 12.4. The van der Waals surface area contributed by atoms with Gasteiger partial charge in [-0.2, -0.15) is 0 Å². The molecule has 0 N–H and O–H groups in total. The average Bonchev–Trinajstić information content (AvgIpc) is 2.57. The van der Waals surface area contributed by atoms with Gasteiger partial charge in [-0.15, -0.1) is 0 Å². The summed E-state index contributed by atoms with van der Waals surface area (Å²) in [7, 11) is -0.868. The molecule has 0 amide bonds. The molecule has 0 aliphatic heterocycles. The first-order valence-corrected chi connectivity index (χ1v) is 7.05. The second-order valence-electron chi connectivity index (χ2n) is 4.58. The summed E-state index contributed by atoms with van der Waals surface area (Å²) >= 11 is 0. The maximum Gasteiger partial charge on any atom is 0.864 e. The molecule has 0 saturated carbocycles. The van der Waals surface area contributed by atoms with Gasteiger partial charge in [0.1, 0.15) is 17.2 Å². The Labute approximate surface area is 135 Å². The average molecular weight is 306 g/mol. The quantitative estimate of drug-likeness (QED) is 0.644. The van der Waals surface area contributed by atoms with Gasteiger partial charge in [-0.1, -0.05) is 54.6 Å². The molecule has 3 aromatic rings. The molecule has 0 aliphatic rings. The first kappa shape index (κ1) is 16.5. The van der Waals surface area contributed by atoms with E-state index in [0.717, 1.165) is 0 Å². The Hall–Kier alpha value is -2.92.